The van der Waals surface area contributed by atoms with Crippen LogP contribution in [-0.2, 0) is 32.5 Å². The van der Waals surface area contributed by atoms with Crippen molar-refractivity contribution in [2.45, 2.75) is 115 Å². The van der Waals surface area contributed by atoms with Gasteiger partial charge in [-0.25, -0.2) is 4.21 Å². The van der Waals surface area contributed by atoms with Gasteiger partial charge in [-0.1, -0.05) is 95.2 Å². The van der Waals surface area contributed by atoms with Gasteiger partial charge in [0.15, 0.2) is 0 Å². The van der Waals surface area contributed by atoms with Crippen LogP contribution in [0, 0.1) is 0 Å². The number of phenolic OH excluding ortho intramolecular Hbond substituents is 2. The molecule has 178 valence electrons. The summed E-state index contributed by atoms with van der Waals surface area (Å²) in [5.74, 6) is 0.0865. The lowest BCUT2D eigenvalue weighted by Crippen LogP contribution is -2.19. The summed E-state index contributed by atoms with van der Waals surface area (Å²) < 4.78 is 14.0. The van der Waals surface area contributed by atoms with E-state index < -0.39 is 10.8 Å². The number of phenols is 2. The quantitative estimate of drug-likeness (QED) is 0.491. The molecule has 0 saturated carbocycles. The Balaban J connectivity index is 2.91. The molecule has 0 aromatic heterocycles. The Morgan fingerprint density at radius 3 is 1.03 bits per heavy atom. The van der Waals surface area contributed by atoms with Crippen LogP contribution >= 0.6 is 0 Å². The molecule has 0 aliphatic carbocycles. The van der Waals surface area contributed by atoms with E-state index in [2.05, 4.69) is 41.5 Å². The second kappa shape index (κ2) is 8.20. The van der Waals surface area contributed by atoms with Crippen LogP contribution in [0.25, 0.3) is 0 Å². The van der Waals surface area contributed by atoms with Crippen molar-refractivity contribution in [3.05, 3.63) is 46.5 Å². The zero-order valence-corrected chi connectivity index (χ0v) is 22.8. The van der Waals surface area contributed by atoms with E-state index in [-0.39, 0.29) is 33.2 Å². The summed E-state index contributed by atoms with van der Waals surface area (Å²) in [6.07, 6.45) is 0. The van der Waals surface area contributed by atoms with Crippen molar-refractivity contribution in [1.29, 1.82) is 0 Å². The van der Waals surface area contributed by atoms with Crippen LogP contribution in [0.1, 0.15) is 105 Å². The standard InChI is InChI=1S/C28H42O3S/c1-25(2,3)17-13-19(27(7,8)9)23(29)21(15-17)32(31)22-16-18(26(4,5)6)14-20(24(22)30)28(10,11)12/h13-16,29-30H,1-12H3. The molecule has 4 heteroatoms. The van der Waals surface area contributed by atoms with E-state index in [9.17, 15) is 14.4 Å². The molecule has 3 nitrogen and oxygen atoms in total. The second-order valence-electron chi connectivity index (χ2n) is 13.0. The molecule has 0 aliphatic heterocycles. The highest BCUT2D eigenvalue weighted by Gasteiger charge is 2.31. The molecule has 0 aliphatic rings. The molecule has 0 spiro atoms. The van der Waals surface area contributed by atoms with Crippen molar-refractivity contribution >= 4 is 10.8 Å². The topological polar surface area (TPSA) is 57.5 Å². The Bertz CT molecular complexity index is 953. The molecule has 32 heavy (non-hydrogen) atoms. The summed E-state index contributed by atoms with van der Waals surface area (Å²) in [6.45, 7) is 24.9. The minimum atomic E-state index is -1.75. The lowest BCUT2D eigenvalue weighted by Gasteiger charge is -2.29. The predicted molar refractivity (Wildman–Crippen MR) is 136 cm³/mol. The Morgan fingerprint density at radius 2 is 0.812 bits per heavy atom. The Hall–Kier alpha value is -1.81. The van der Waals surface area contributed by atoms with E-state index in [0.717, 1.165) is 22.3 Å². The third-order valence-electron chi connectivity index (χ3n) is 5.90. The van der Waals surface area contributed by atoms with Crippen LogP contribution in [0.15, 0.2) is 34.1 Å². The zero-order chi connectivity index (χ0) is 25.0. The van der Waals surface area contributed by atoms with E-state index in [1.165, 1.54) is 0 Å². The number of aromatic hydroxyl groups is 2. The first-order valence-electron chi connectivity index (χ1n) is 11.3. The van der Waals surface area contributed by atoms with Crippen LogP contribution in [0.5, 0.6) is 11.5 Å². The fraction of sp³-hybridized carbons (Fsp3) is 0.571. The maximum absolute atomic E-state index is 14.0. The van der Waals surface area contributed by atoms with Crippen molar-refractivity contribution in [2.24, 2.45) is 0 Å². The summed E-state index contributed by atoms with van der Waals surface area (Å²) in [7, 11) is -1.75. The van der Waals surface area contributed by atoms with Crippen molar-refractivity contribution < 1.29 is 14.4 Å². The van der Waals surface area contributed by atoms with Crippen molar-refractivity contribution in [2.75, 3.05) is 0 Å². The summed E-state index contributed by atoms with van der Waals surface area (Å²) in [6, 6.07) is 7.70. The van der Waals surface area contributed by atoms with Gasteiger partial charge in [0.1, 0.15) is 11.5 Å². The molecular formula is C28H42O3S. The predicted octanol–water partition coefficient (Wildman–Crippen LogP) is 7.45. The SMILES string of the molecule is CC(C)(C)c1cc(S(=O)c2cc(C(C)(C)C)cc(C(C)(C)C)c2O)c(O)c(C(C)(C)C)c1. The van der Waals surface area contributed by atoms with Crippen LogP contribution < -0.4 is 0 Å². The number of hydrogen-bond donors (Lipinski definition) is 2. The van der Waals surface area contributed by atoms with Gasteiger partial charge in [0, 0.05) is 11.1 Å². The molecule has 2 aromatic rings. The molecule has 0 unspecified atom stereocenters. The van der Waals surface area contributed by atoms with E-state index >= 15 is 0 Å². The number of benzene rings is 2. The van der Waals surface area contributed by atoms with Gasteiger partial charge in [0.25, 0.3) is 0 Å². The van der Waals surface area contributed by atoms with E-state index in [1.807, 2.05) is 65.8 Å². The van der Waals surface area contributed by atoms with Crippen LogP contribution in [-0.4, -0.2) is 14.4 Å². The van der Waals surface area contributed by atoms with Gasteiger partial charge in [0.2, 0.25) is 0 Å². The van der Waals surface area contributed by atoms with Crippen molar-refractivity contribution in [1.82, 2.24) is 0 Å². The summed E-state index contributed by atoms with van der Waals surface area (Å²) in [4.78, 5) is 0.701. The largest absolute Gasteiger partial charge is 0.506 e. The fourth-order valence-electron chi connectivity index (χ4n) is 3.63. The first-order valence-corrected chi connectivity index (χ1v) is 12.5. The molecule has 0 saturated heterocycles. The maximum Gasteiger partial charge on any atom is 0.135 e. The maximum atomic E-state index is 14.0. The fourth-order valence-corrected chi connectivity index (χ4v) is 4.90. The zero-order valence-electron chi connectivity index (χ0n) is 22.0. The van der Waals surface area contributed by atoms with E-state index in [4.69, 9.17) is 0 Å². The van der Waals surface area contributed by atoms with Gasteiger partial charge in [-0.3, -0.25) is 0 Å². The first kappa shape index (κ1) is 26.4. The average Bonchev–Trinajstić information content (AvgIpc) is 2.57. The summed E-state index contributed by atoms with van der Waals surface area (Å²) >= 11 is 0. The van der Waals surface area contributed by atoms with Gasteiger partial charge in [0.05, 0.1) is 20.6 Å². The Kier molecular flexibility index (Phi) is 6.78. The van der Waals surface area contributed by atoms with Gasteiger partial charge in [-0.05, 0) is 44.9 Å². The third kappa shape index (κ3) is 5.39. The third-order valence-corrected chi connectivity index (χ3v) is 7.32. The highest BCUT2D eigenvalue weighted by Crippen LogP contribution is 2.44. The monoisotopic (exact) mass is 458 g/mol. The molecule has 0 atom stereocenters. The van der Waals surface area contributed by atoms with E-state index in [0.29, 0.717) is 9.79 Å². The highest BCUT2D eigenvalue weighted by molar-refractivity contribution is 7.85. The Morgan fingerprint density at radius 1 is 0.531 bits per heavy atom. The minimum absolute atomic E-state index is 0.0432. The molecule has 2 aromatic carbocycles. The smallest absolute Gasteiger partial charge is 0.135 e. The first-order chi connectivity index (χ1) is 14.2. The molecule has 2 N–H and O–H groups in total. The molecule has 0 bridgehead atoms. The highest BCUT2D eigenvalue weighted by atomic mass is 32.2. The average molecular weight is 459 g/mol. The molecular weight excluding hydrogens is 416 g/mol. The van der Waals surface area contributed by atoms with E-state index in [1.54, 1.807) is 0 Å². The van der Waals surface area contributed by atoms with Gasteiger partial charge >= 0.3 is 0 Å². The van der Waals surface area contributed by atoms with Gasteiger partial charge in [-0.2, -0.15) is 0 Å². The molecule has 0 heterocycles. The second-order valence-corrected chi connectivity index (χ2v) is 14.4. The molecule has 0 fully saturated rings. The van der Waals surface area contributed by atoms with Crippen molar-refractivity contribution in [3.8, 4) is 11.5 Å². The molecule has 0 amide bonds. The van der Waals surface area contributed by atoms with Crippen molar-refractivity contribution in [3.63, 3.8) is 0 Å². The van der Waals surface area contributed by atoms with Gasteiger partial charge < -0.3 is 10.2 Å². The molecule has 0 radical (unpaired) electrons. The van der Waals surface area contributed by atoms with Gasteiger partial charge in [-0.15, -0.1) is 0 Å². The summed E-state index contributed by atoms with van der Waals surface area (Å²) in [5, 5.41) is 22.4. The number of hydrogen-bond acceptors (Lipinski definition) is 3. The van der Waals surface area contributed by atoms with Crippen LogP contribution in [0.2, 0.25) is 0 Å². The van der Waals surface area contributed by atoms with Crippen LogP contribution in [0.3, 0.4) is 0 Å². The molecule has 2 rings (SSSR count). The normalized spacial score (nSPS) is 13.7. The summed E-state index contributed by atoms with van der Waals surface area (Å²) in [5.41, 5.74) is 2.52. The minimum Gasteiger partial charge on any atom is -0.506 e. The Labute approximate surface area is 197 Å². The lowest BCUT2D eigenvalue weighted by atomic mass is 9.80. The number of rotatable bonds is 2. The van der Waals surface area contributed by atoms with Crippen LogP contribution in [0.4, 0.5) is 0 Å². The lowest BCUT2D eigenvalue weighted by molar-refractivity contribution is 0.428.